The molecule has 0 spiro atoms. The van der Waals surface area contributed by atoms with Crippen molar-refractivity contribution in [2.24, 2.45) is 4.99 Å². The third kappa shape index (κ3) is 4.23. The molecule has 0 fully saturated rings. The molecule has 0 saturated heterocycles. The first kappa shape index (κ1) is 16.8. The topological polar surface area (TPSA) is 58.7 Å². The first-order valence-corrected chi connectivity index (χ1v) is 7.69. The minimum absolute atomic E-state index is 0. The van der Waals surface area contributed by atoms with Crippen molar-refractivity contribution in [2.75, 3.05) is 13.6 Å². The highest BCUT2D eigenvalue weighted by molar-refractivity contribution is 14.0. The highest BCUT2D eigenvalue weighted by atomic mass is 127. The lowest BCUT2D eigenvalue weighted by atomic mass is 10.5. The zero-order valence-electron chi connectivity index (χ0n) is 12.3. The van der Waals surface area contributed by atoms with E-state index in [0.29, 0.717) is 6.54 Å². The van der Waals surface area contributed by atoms with Crippen molar-refractivity contribution in [1.82, 2.24) is 24.6 Å². The first-order valence-electron chi connectivity index (χ1n) is 6.81. The molecule has 0 aliphatic heterocycles. The van der Waals surface area contributed by atoms with Crippen molar-refractivity contribution >= 4 is 46.2 Å². The smallest absolute Gasteiger partial charge is 0.193 e. The van der Waals surface area contributed by atoms with Crippen LogP contribution in [0.2, 0.25) is 0 Å². The predicted molar refractivity (Wildman–Crippen MR) is 101 cm³/mol. The second kappa shape index (κ2) is 8.18. The minimum Gasteiger partial charge on any atom is -0.355 e. The zero-order chi connectivity index (χ0) is 14.5. The molecule has 3 heterocycles. The third-order valence-electron chi connectivity index (χ3n) is 3.13. The van der Waals surface area contributed by atoms with Gasteiger partial charge in [0, 0.05) is 50.3 Å². The minimum atomic E-state index is 0. The second-order valence-corrected chi connectivity index (χ2v) is 5.47. The first-order chi connectivity index (χ1) is 10.3. The molecule has 0 aliphatic carbocycles. The largest absolute Gasteiger partial charge is 0.355 e. The molecule has 2 N–H and O–H groups in total. The van der Waals surface area contributed by atoms with Gasteiger partial charge in [-0.05, 0) is 12.1 Å². The predicted octanol–water partition coefficient (Wildman–Crippen LogP) is 2.18. The molecule has 0 aromatic carbocycles. The molecule has 3 aromatic heterocycles. The van der Waals surface area contributed by atoms with Crippen LogP contribution in [0.25, 0.3) is 4.96 Å². The van der Waals surface area contributed by atoms with Gasteiger partial charge in [0.2, 0.25) is 0 Å². The standard InChI is InChI=1S/C14H18N6S.HI/c1-15-13(16-4-7-19-5-2-3-6-19)17-10-12-11-20-8-9-21-14(20)18-12;/h2-3,5-6,8-9,11H,4,7,10H2,1H3,(H2,15,16,17);1H. The van der Waals surface area contributed by atoms with Gasteiger partial charge in [-0.15, -0.1) is 35.3 Å². The van der Waals surface area contributed by atoms with E-state index < -0.39 is 0 Å². The van der Waals surface area contributed by atoms with Gasteiger partial charge in [-0.25, -0.2) is 4.98 Å². The van der Waals surface area contributed by atoms with Crippen LogP contribution in [0.15, 0.2) is 47.3 Å². The van der Waals surface area contributed by atoms with Crippen LogP contribution in [0, 0.1) is 0 Å². The second-order valence-electron chi connectivity index (χ2n) is 4.60. The summed E-state index contributed by atoms with van der Waals surface area (Å²) in [6.45, 7) is 2.40. The van der Waals surface area contributed by atoms with Gasteiger partial charge in [0.25, 0.3) is 0 Å². The van der Waals surface area contributed by atoms with Crippen LogP contribution >= 0.6 is 35.3 Å². The van der Waals surface area contributed by atoms with E-state index >= 15 is 0 Å². The summed E-state index contributed by atoms with van der Waals surface area (Å²) in [6.07, 6.45) is 8.15. The highest BCUT2D eigenvalue weighted by Gasteiger charge is 2.03. The SMILES string of the molecule is CN=C(NCCn1cccc1)NCc1cn2ccsc2n1.I. The number of halogens is 1. The normalized spacial score (nSPS) is 11.4. The average molecular weight is 430 g/mol. The van der Waals surface area contributed by atoms with Gasteiger partial charge < -0.3 is 15.2 Å². The number of imidazole rings is 1. The Hall–Kier alpha value is -1.55. The molecule has 0 saturated carbocycles. The lowest BCUT2D eigenvalue weighted by Gasteiger charge is -2.11. The maximum absolute atomic E-state index is 4.53. The molecule has 0 aliphatic rings. The Morgan fingerprint density at radius 1 is 1.27 bits per heavy atom. The van der Waals surface area contributed by atoms with Crippen LogP contribution in [-0.4, -0.2) is 33.5 Å². The van der Waals surface area contributed by atoms with Gasteiger partial charge in [-0.3, -0.25) is 9.39 Å². The summed E-state index contributed by atoms with van der Waals surface area (Å²) in [5, 5.41) is 8.60. The summed E-state index contributed by atoms with van der Waals surface area (Å²) in [7, 11) is 1.77. The fraction of sp³-hybridized carbons (Fsp3) is 0.286. The van der Waals surface area contributed by atoms with Crippen molar-refractivity contribution in [3.8, 4) is 0 Å². The van der Waals surface area contributed by atoms with Crippen molar-refractivity contribution in [1.29, 1.82) is 0 Å². The van der Waals surface area contributed by atoms with Crippen LogP contribution in [0.1, 0.15) is 5.69 Å². The average Bonchev–Trinajstić information content (AvgIpc) is 3.18. The molecular weight excluding hydrogens is 411 g/mol. The molecule has 0 unspecified atom stereocenters. The number of hydrogen-bond donors (Lipinski definition) is 2. The number of thiazole rings is 1. The molecule has 0 bridgehead atoms. The van der Waals surface area contributed by atoms with Gasteiger partial charge >= 0.3 is 0 Å². The summed E-state index contributed by atoms with van der Waals surface area (Å²) in [5.41, 5.74) is 1.01. The maximum Gasteiger partial charge on any atom is 0.193 e. The summed E-state index contributed by atoms with van der Waals surface area (Å²) >= 11 is 1.64. The molecule has 22 heavy (non-hydrogen) atoms. The summed E-state index contributed by atoms with van der Waals surface area (Å²) < 4.78 is 4.16. The summed E-state index contributed by atoms with van der Waals surface area (Å²) in [6, 6.07) is 4.05. The van der Waals surface area contributed by atoms with Crippen molar-refractivity contribution in [3.63, 3.8) is 0 Å². The molecule has 0 amide bonds. The van der Waals surface area contributed by atoms with Crippen LogP contribution in [0.5, 0.6) is 0 Å². The van der Waals surface area contributed by atoms with Gasteiger partial charge in [-0.2, -0.15) is 0 Å². The number of aliphatic imine (C=N–C) groups is 1. The number of aromatic nitrogens is 3. The number of nitrogens with zero attached hydrogens (tertiary/aromatic N) is 4. The van der Waals surface area contributed by atoms with Crippen LogP contribution in [0.4, 0.5) is 0 Å². The number of guanidine groups is 1. The molecule has 6 nitrogen and oxygen atoms in total. The van der Waals surface area contributed by atoms with Gasteiger partial charge in [0.1, 0.15) is 0 Å². The Balaban J connectivity index is 0.00000176. The Bertz CT molecular complexity index is 686. The fourth-order valence-electron chi connectivity index (χ4n) is 2.08. The highest BCUT2D eigenvalue weighted by Crippen LogP contribution is 2.10. The van der Waals surface area contributed by atoms with Gasteiger partial charge in [-0.1, -0.05) is 0 Å². The molecule has 3 aromatic rings. The lowest BCUT2D eigenvalue weighted by molar-refractivity contribution is 0.664. The lowest BCUT2D eigenvalue weighted by Crippen LogP contribution is -2.38. The molecule has 0 atom stereocenters. The quantitative estimate of drug-likeness (QED) is 0.371. The molecule has 0 radical (unpaired) electrons. The Kier molecular flexibility index (Phi) is 6.25. The molecule has 118 valence electrons. The monoisotopic (exact) mass is 430 g/mol. The van der Waals surface area contributed by atoms with Crippen molar-refractivity contribution < 1.29 is 0 Å². The van der Waals surface area contributed by atoms with Gasteiger partial charge in [0.15, 0.2) is 10.9 Å². The van der Waals surface area contributed by atoms with E-state index in [2.05, 4.69) is 37.6 Å². The number of fused-ring (bicyclic) bond motifs is 1. The van der Waals surface area contributed by atoms with Crippen molar-refractivity contribution in [3.05, 3.63) is 48.0 Å². The Morgan fingerprint density at radius 3 is 2.82 bits per heavy atom. The molecule has 3 rings (SSSR count). The Labute approximate surface area is 150 Å². The van der Waals surface area contributed by atoms with E-state index in [1.54, 1.807) is 18.4 Å². The number of hydrogen-bond acceptors (Lipinski definition) is 3. The van der Waals surface area contributed by atoms with E-state index in [1.165, 1.54) is 0 Å². The molecule has 8 heteroatoms. The van der Waals surface area contributed by atoms with Crippen LogP contribution < -0.4 is 10.6 Å². The molecular formula is C14H19IN6S. The van der Waals surface area contributed by atoms with Crippen molar-refractivity contribution in [2.45, 2.75) is 13.1 Å². The van der Waals surface area contributed by atoms with Crippen LogP contribution in [-0.2, 0) is 13.1 Å². The zero-order valence-corrected chi connectivity index (χ0v) is 15.4. The summed E-state index contributed by atoms with van der Waals surface area (Å²) in [5.74, 6) is 0.790. The number of rotatable bonds is 5. The van der Waals surface area contributed by atoms with Gasteiger partial charge in [0.05, 0.1) is 12.2 Å². The van der Waals surface area contributed by atoms with E-state index in [0.717, 1.165) is 29.7 Å². The Morgan fingerprint density at radius 2 is 2.09 bits per heavy atom. The summed E-state index contributed by atoms with van der Waals surface area (Å²) in [4.78, 5) is 9.76. The van der Waals surface area contributed by atoms with E-state index in [4.69, 9.17) is 0 Å². The third-order valence-corrected chi connectivity index (χ3v) is 3.90. The van der Waals surface area contributed by atoms with E-state index in [1.807, 2.05) is 34.3 Å². The number of nitrogens with one attached hydrogen (secondary N) is 2. The van der Waals surface area contributed by atoms with E-state index in [-0.39, 0.29) is 24.0 Å². The maximum atomic E-state index is 4.53. The van der Waals surface area contributed by atoms with Crippen LogP contribution in [0.3, 0.4) is 0 Å². The fourth-order valence-corrected chi connectivity index (χ4v) is 2.80. The van der Waals surface area contributed by atoms with E-state index in [9.17, 15) is 0 Å².